The van der Waals surface area contributed by atoms with Gasteiger partial charge >= 0.3 is 0 Å². The Hall–Kier alpha value is -2.08. The van der Waals surface area contributed by atoms with Crippen LogP contribution < -0.4 is 15.1 Å². The number of nitrogens with zero attached hydrogens (tertiary/aromatic N) is 1. The van der Waals surface area contributed by atoms with E-state index >= 15 is 0 Å². The fraction of sp³-hybridized carbons (Fsp3) is 0.444. The summed E-state index contributed by atoms with van der Waals surface area (Å²) in [5, 5.41) is 3.95. The lowest BCUT2D eigenvalue weighted by Crippen LogP contribution is -2.44. The molecule has 6 heteroatoms. The van der Waals surface area contributed by atoms with Crippen molar-refractivity contribution in [1.29, 1.82) is 0 Å². The summed E-state index contributed by atoms with van der Waals surface area (Å²) in [6.07, 6.45) is 6.85. The molecule has 0 N–H and O–H groups in total. The second-order valence-electron chi connectivity index (χ2n) is 6.00. The van der Waals surface area contributed by atoms with E-state index < -0.39 is 0 Å². The van der Waals surface area contributed by atoms with E-state index in [0.29, 0.717) is 5.76 Å². The zero-order chi connectivity index (χ0) is 16.9. The average Bonchev–Trinajstić information content (AvgIpc) is 3.10. The Morgan fingerprint density at radius 1 is 1.33 bits per heavy atom. The fourth-order valence-electron chi connectivity index (χ4n) is 3.17. The number of carbonyl (C=O) groups is 1. The summed E-state index contributed by atoms with van der Waals surface area (Å²) in [4.78, 5) is 26.5. The predicted molar refractivity (Wildman–Crippen MR) is 93.9 cm³/mol. The molecule has 1 aliphatic carbocycles. The average molecular weight is 347 g/mol. The Labute approximate surface area is 144 Å². The van der Waals surface area contributed by atoms with Crippen molar-refractivity contribution in [2.24, 2.45) is 0 Å². The highest BCUT2D eigenvalue weighted by Crippen LogP contribution is 2.29. The number of carbonyl (C=O) groups excluding carboxylic acids is 1. The molecule has 0 atom stereocenters. The lowest BCUT2D eigenvalue weighted by molar-refractivity contribution is -0.121. The summed E-state index contributed by atoms with van der Waals surface area (Å²) < 4.78 is 10.7. The van der Waals surface area contributed by atoms with Crippen molar-refractivity contribution in [3.8, 4) is 5.75 Å². The van der Waals surface area contributed by atoms with Gasteiger partial charge in [-0.1, -0.05) is 19.3 Å². The standard InChI is InChI=1S/C18H21NO4S/c1-13-18(16(20)7-9-22-13)23-11-17(21)19(15-8-10-24-12-15)14-5-3-2-4-6-14/h7-10,12,14H,2-6,11H2,1H3. The van der Waals surface area contributed by atoms with Crippen LogP contribution in [0, 0.1) is 6.92 Å². The largest absolute Gasteiger partial charge is 0.476 e. The Kier molecular flexibility index (Phi) is 5.35. The van der Waals surface area contributed by atoms with Crippen molar-refractivity contribution in [2.75, 3.05) is 11.5 Å². The molecular formula is C18H21NO4S. The third-order valence-electron chi connectivity index (χ3n) is 4.34. The van der Waals surface area contributed by atoms with Gasteiger partial charge in [0.15, 0.2) is 6.61 Å². The molecule has 0 aromatic carbocycles. The Morgan fingerprint density at radius 3 is 2.79 bits per heavy atom. The summed E-state index contributed by atoms with van der Waals surface area (Å²) >= 11 is 1.57. The zero-order valence-electron chi connectivity index (χ0n) is 13.7. The van der Waals surface area contributed by atoms with E-state index in [9.17, 15) is 9.59 Å². The van der Waals surface area contributed by atoms with Crippen molar-refractivity contribution in [3.05, 3.63) is 45.1 Å². The maximum absolute atomic E-state index is 12.8. The molecule has 5 nitrogen and oxygen atoms in total. The van der Waals surface area contributed by atoms with Gasteiger partial charge in [-0.25, -0.2) is 0 Å². The van der Waals surface area contributed by atoms with Gasteiger partial charge < -0.3 is 14.1 Å². The van der Waals surface area contributed by atoms with E-state index in [1.807, 2.05) is 21.7 Å². The highest BCUT2D eigenvalue weighted by Gasteiger charge is 2.27. The molecule has 128 valence electrons. The van der Waals surface area contributed by atoms with Crippen LogP contribution in [0.25, 0.3) is 0 Å². The van der Waals surface area contributed by atoms with E-state index in [-0.39, 0.29) is 29.7 Å². The molecule has 0 unspecified atom stereocenters. The van der Waals surface area contributed by atoms with E-state index in [1.54, 1.807) is 18.3 Å². The number of amides is 1. The van der Waals surface area contributed by atoms with Crippen molar-refractivity contribution in [1.82, 2.24) is 0 Å². The highest BCUT2D eigenvalue weighted by molar-refractivity contribution is 7.08. The number of aryl methyl sites for hydroxylation is 1. The number of ether oxygens (including phenoxy) is 1. The van der Waals surface area contributed by atoms with Gasteiger partial charge in [0.1, 0.15) is 5.76 Å². The third kappa shape index (κ3) is 3.70. The molecular weight excluding hydrogens is 326 g/mol. The number of anilines is 1. The van der Waals surface area contributed by atoms with E-state index in [4.69, 9.17) is 9.15 Å². The highest BCUT2D eigenvalue weighted by atomic mass is 32.1. The van der Waals surface area contributed by atoms with Crippen LogP contribution in [0.1, 0.15) is 37.9 Å². The van der Waals surface area contributed by atoms with Crippen LogP contribution >= 0.6 is 11.3 Å². The number of rotatable bonds is 5. The molecule has 0 spiro atoms. The molecule has 1 aliphatic rings. The van der Waals surface area contributed by atoms with Gasteiger partial charge in [-0.05, 0) is 31.2 Å². The van der Waals surface area contributed by atoms with Gasteiger partial charge in [-0.2, -0.15) is 11.3 Å². The summed E-state index contributed by atoms with van der Waals surface area (Å²) in [6.45, 7) is 1.49. The molecule has 2 aromatic rings. The van der Waals surface area contributed by atoms with Crippen LogP contribution in [-0.4, -0.2) is 18.6 Å². The molecule has 2 heterocycles. The maximum atomic E-state index is 12.8. The predicted octanol–water partition coefficient (Wildman–Crippen LogP) is 3.75. The summed E-state index contributed by atoms with van der Waals surface area (Å²) in [7, 11) is 0. The van der Waals surface area contributed by atoms with E-state index in [1.165, 1.54) is 18.8 Å². The first-order valence-corrected chi connectivity index (χ1v) is 9.16. The van der Waals surface area contributed by atoms with E-state index in [0.717, 1.165) is 31.4 Å². The van der Waals surface area contributed by atoms with Gasteiger partial charge in [0.2, 0.25) is 11.2 Å². The van der Waals surface area contributed by atoms with Crippen molar-refractivity contribution >= 4 is 22.9 Å². The van der Waals surface area contributed by atoms with Crippen LogP contribution in [0.2, 0.25) is 0 Å². The lowest BCUT2D eigenvalue weighted by atomic mass is 9.94. The van der Waals surface area contributed by atoms with Crippen molar-refractivity contribution < 1.29 is 13.9 Å². The Balaban J connectivity index is 1.75. The molecule has 0 saturated heterocycles. The summed E-state index contributed by atoms with van der Waals surface area (Å²) in [6, 6.07) is 3.46. The fourth-order valence-corrected chi connectivity index (χ4v) is 3.80. The van der Waals surface area contributed by atoms with Crippen LogP contribution in [0.5, 0.6) is 5.75 Å². The SMILES string of the molecule is Cc1occc(=O)c1OCC(=O)N(c1ccsc1)C1CCCCC1. The Bertz CT molecular complexity index is 732. The van der Waals surface area contributed by atoms with Crippen LogP contribution in [-0.2, 0) is 4.79 Å². The zero-order valence-corrected chi connectivity index (χ0v) is 14.5. The maximum Gasteiger partial charge on any atom is 0.265 e. The molecule has 1 amide bonds. The summed E-state index contributed by atoms with van der Waals surface area (Å²) in [5.41, 5.74) is 0.642. The minimum atomic E-state index is -0.272. The minimum absolute atomic E-state index is 0.111. The minimum Gasteiger partial charge on any atom is -0.476 e. The molecule has 0 bridgehead atoms. The molecule has 3 rings (SSSR count). The second-order valence-corrected chi connectivity index (χ2v) is 6.78. The smallest absolute Gasteiger partial charge is 0.265 e. The third-order valence-corrected chi connectivity index (χ3v) is 5.01. The van der Waals surface area contributed by atoms with Gasteiger partial charge in [0.05, 0.1) is 12.0 Å². The second kappa shape index (κ2) is 7.66. The van der Waals surface area contributed by atoms with E-state index in [2.05, 4.69) is 0 Å². The quantitative estimate of drug-likeness (QED) is 0.826. The normalized spacial score (nSPS) is 15.2. The lowest BCUT2D eigenvalue weighted by Gasteiger charge is -2.33. The summed E-state index contributed by atoms with van der Waals surface area (Å²) in [5.74, 6) is 0.373. The topological polar surface area (TPSA) is 59.8 Å². The Morgan fingerprint density at radius 2 is 2.12 bits per heavy atom. The molecule has 0 radical (unpaired) electrons. The van der Waals surface area contributed by atoms with Gasteiger partial charge in [0, 0.05) is 17.5 Å². The van der Waals surface area contributed by atoms with Gasteiger partial charge in [-0.3, -0.25) is 9.59 Å². The van der Waals surface area contributed by atoms with Crippen LogP contribution in [0.15, 0.2) is 38.4 Å². The van der Waals surface area contributed by atoms with Crippen LogP contribution in [0.4, 0.5) is 5.69 Å². The molecule has 1 saturated carbocycles. The van der Waals surface area contributed by atoms with Gasteiger partial charge in [0.25, 0.3) is 5.91 Å². The van der Waals surface area contributed by atoms with Crippen molar-refractivity contribution in [2.45, 2.75) is 45.1 Å². The number of hydrogen-bond donors (Lipinski definition) is 0. The monoisotopic (exact) mass is 347 g/mol. The van der Waals surface area contributed by atoms with Crippen LogP contribution in [0.3, 0.4) is 0 Å². The number of hydrogen-bond acceptors (Lipinski definition) is 5. The molecule has 1 fully saturated rings. The molecule has 2 aromatic heterocycles. The van der Waals surface area contributed by atoms with Gasteiger partial charge in [-0.15, -0.1) is 0 Å². The molecule has 24 heavy (non-hydrogen) atoms. The first-order chi connectivity index (χ1) is 11.7. The first kappa shape index (κ1) is 16.8. The molecule has 0 aliphatic heterocycles. The first-order valence-electron chi connectivity index (χ1n) is 8.22. The van der Waals surface area contributed by atoms with Crippen molar-refractivity contribution in [3.63, 3.8) is 0 Å². The number of thiophene rings is 1.